The Labute approximate surface area is 194 Å². The van der Waals surface area contributed by atoms with Crippen molar-refractivity contribution < 1.29 is 28.9 Å². The third kappa shape index (κ3) is 5.86. The van der Waals surface area contributed by atoms with Crippen LogP contribution in [0.3, 0.4) is 0 Å². The molecule has 0 unspecified atom stereocenters. The van der Waals surface area contributed by atoms with Gasteiger partial charge in [-0.3, -0.25) is 9.79 Å². The molecule has 4 rings (SSSR count). The molecule has 1 N–H and O–H groups in total. The Morgan fingerprint density at radius 1 is 1.12 bits per heavy atom. The van der Waals surface area contributed by atoms with Crippen LogP contribution >= 0.6 is 0 Å². The Morgan fingerprint density at radius 3 is 2.61 bits per heavy atom. The van der Waals surface area contributed by atoms with E-state index in [0.717, 1.165) is 44.1 Å². The number of benzene rings is 1. The van der Waals surface area contributed by atoms with Crippen molar-refractivity contribution in [3.05, 3.63) is 35.6 Å². The van der Waals surface area contributed by atoms with Gasteiger partial charge in [-0.15, -0.1) is 0 Å². The molecule has 2 fully saturated rings. The highest BCUT2D eigenvalue weighted by Gasteiger charge is 2.28. The Bertz CT molecular complexity index is 904. The first-order valence-corrected chi connectivity index (χ1v) is 11.8. The third-order valence-corrected chi connectivity index (χ3v) is 6.71. The van der Waals surface area contributed by atoms with Crippen molar-refractivity contribution in [1.82, 2.24) is 4.90 Å². The van der Waals surface area contributed by atoms with Crippen molar-refractivity contribution in [3.8, 4) is 5.75 Å². The molecule has 0 aromatic heterocycles. The van der Waals surface area contributed by atoms with Crippen LogP contribution in [-0.4, -0.2) is 60.7 Å². The number of amides is 1. The Hall–Kier alpha value is -3.03. The number of nitrogens with zero attached hydrogens (tertiary/aromatic N) is 2. The minimum absolute atomic E-state index is 0.0273. The van der Waals surface area contributed by atoms with Gasteiger partial charge in [0, 0.05) is 24.9 Å². The van der Waals surface area contributed by atoms with Gasteiger partial charge >= 0.3 is 12.1 Å². The van der Waals surface area contributed by atoms with E-state index < -0.39 is 5.97 Å². The zero-order valence-corrected chi connectivity index (χ0v) is 19.1. The number of hydrogen-bond donors (Lipinski definition) is 1. The van der Waals surface area contributed by atoms with E-state index in [1.165, 1.54) is 0 Å². The molecule has 0 radical (unpaired) electrons. The van der Waals surface area contributed by atoms with Crippen molar-refractivity contribution in [3.63, 3.8) is 0 Å². The summed E-state index contributed by atoms with van der Waals surface area (Å²) in [5, 5.41) is 9.27. The van der Waals surface area contributed by atoms with E-state index in [0.29, 0.717) is 36.7 Å². The quantitative estimate of drug-likeness (QED) is 0.649. The minimum atomic E-state index is -0.747. The van der Waals surface area contributed by atoms with E-state index in [2.05, 4.69) is 4.99 Å². The monoisotopic (exact) mass is 456 g/mol. The maximum absolute atomic E-state index is 12.4. The van der Waals surface area contributed by atoms with Crippen molar-refractivity contribution in [1.29, 1.82) is 0 Å². The first-order chi connectivity index (χ1) is 16.0. The smallest absolute Gasteiger partial charge is 0.410 e. The zero-order chi connectivity index (χ0) is 23.2. The van der Waals surface area contributed by atoms with Gasteiger partial charge in [-0.2, -0.15) is 0 Å². The molecule has 2 atom stereocenters. The summed E-state index contributed by atoms with van der Waals surface area (Å²) in [6, 6.07) is 7.74. The van der Waals surface area contributed by atoms with Crippen LogP contribution < -0.4 is 4.74 Å². The fourth-order valence-corrected chi connectivity index (χ4v) is 4.78. The molecule has 1 amide bonds. The number of aliphatic imine (C=N–C) groups is 1. The van der Waals surface area contributed by atoms with E-state index in [1.54, 1.807) is 18.2 Å². The topological polar surface area (TPSA) is 97.7 Å². The summed E-state index contributed by atoms with van der Waals surface area (Å²) in [6.07, 6.45) is 8.55. The van der Waals surface area contributed by atoms with Crippen LogP contribution in [0.4, 0.5) is 4.79 Å². The lowest BCUT2D eigenvalue weighted by Gasteiger charge is -2.27. The molecule has 0 spiro atoms. The molecule has 0 bridgehead atoms. The van der Waals surface area contributed by atoms with Gasteiger partial charge in [0.15, 0.2) is 12.4 Å². The molecule has 1 aromatic carbocycles. The van der Waals surface area contributed by atoms with Gasteiger partial charge in [-0.05, 0) is 62.8 Å². The van der Waals surface area contributed by atoms with Crippen molar-refractivity contribution >= 4 is 24.0 Å². The van der Waals surface area contributed by atoms with E-state index in [1.807, 2.05) is 24.3 Å². The summed E-state index contributed by atoms with van der Waals surface area (Å²) in [7, 11) is 1.79. The maximum atomic E-state index is 12.4. The molecule has 2 saturated carbocycles. The van der Waals surface area contributed by atoms with E-state index >= 15 is 0 Å². The lowest BCUT2D eigenvalue weighted by molar-refractivity contribution is -0.143. The van der Waals surface area contributed by atoms with Gasteiger partial charge in [0.1, 0.15) is 18.1 Å². The van der Waals surface area contributed by atoms with Gasteiger partial charge in [-0.25, -0.2) is 4.79 Å². The number of rotatable bonds is 7. The standard InChI is InChI=1S/C25H32N2O6/c1-27(19-6-2-3-7-19)25(30)32-16-22-23(26-13-14-31-22)17-9-11-20(12-10-17)33-21-8-4-5-18(15-21)24(28)29/h9-13,18-19,21H,2-8,14-16H2,1H3,(H,28,29)/t18-,21-/m0/s1. The highest BCUT2D eigenvalue weighted by molar-refractivity contribution is 5.78. The molecule has 178 valence electrons. The predicted octanol–water partition coefficient (Wildman–Crippen LogP) is 4.49. The number of carboxylic acid groups (broad SMARTS) is 1. The van der Waals surface area contributed by atoms with Gasteiger partial charge in [0.05, 0.1) is 12.0 Å². The normalized spacial score (nSPS) is 23.2. The number of aliphatic carboxylic acids is 1. The van der Waals surface area contributed by atoms with Crippen LogP contribution in [-0.2, 0) is 14.3 Å². The number of carbonyl (C=O) groups excluding carboxylic acids is 1. The molecule has 8 heteroatoms. The van der Waals surface area contributed by atoms with Crippen molar-refractivity contribution in [2.24, 2.45) is 10.9 Å². The Morgan fingerprint density at radius 2 is 1.88 bits per heavy atom. The van der Waals surface area contributed by atoms with Crippen LogP contribution in [0.2, 0.25) is 0 Å². The second kappa shape index (κ2) is 10.7. The minimum Gasteiger partial charge on any atom is -0.490 e. The summed E-state index contributed by atoms with van der Waals surface area (Å²) >= 11 is 0. The molecule has 1 aliphatic heterocycles. The summed E-state index contributed by atoms with van der Waals surface area (Å²) in [6.45, 7) is 0.363. The second-order valence-corrected chi connectivity index (χ2v) is 8.96. The third-order valence-electron chi connectivity index (χ3n) is 6.71. The van der Waals surface area contributed by atoms with Crippen molar-refractivity contribution in [2.45, 2.75) is 63.5 Å². The largest absolute Gasteiger partial charge is 0.490 e. The average Bonchev–Trinajstić information content (AvgIpc) is 3.38. The van der Waals surface area contributed by atoms with Gasteiger partial charge in [0.2, 0.25) is 0 Å². The lowest BCUT2D eigenvalue weighted by Crippen LogP contribution is -2.36. The zero-order valence-electron chi connectivity index (χ0n) is 19.1. The molecule has 33 heavy (non-hydrogen) atoms. The molecular formula is C25H32N2O6. The van der Waals surface area contributed by atoms with E-state index in [4.69, 9.17) is 14.2 Å². The molecule has 3 aliphatic rings. The molecule has 1 aromatic rings. The molecule has 0 saturated heterocycles. The van der Waals surface area contributed by atoms with Crippen LogP contribution in [0.1, 0.15) is 56.9 Å². The van der Waals surface area contributed by atoms with Gasteiger partial charge in [-0.1, -0.05) is 12.8 Å². The first-order valence-electron chi connectivity index (χ1n) is 11.8. The predicted molar refractivity (Wildman–Crippen MR) is 123 cm³/mol. The second-order valence-electron chi connectivity index (χ2n) is 8.96. The van der Waals surface area contributed by atoms with Crippen molar-refractivity contribution in [2.75, 3.05) is 20.3 Å². The number of ether oxygens (including phenoxy) is 3. The lowest BCUT2D eigenvalue weighted by atomic mass is 9.87. The molecule has 8 nitrogen and oxygen atoms in total. The molecule has 2 aliphatic carbocycles. The Kier molecular flexibility index (Phi) is 7.52. The van der Waals surface area contributed by atoms with Crippen LogP contribution in [0, 0.1) is 5.92 Å². The summed E-state index contributed by atoms with van der Waals surface area (Å²) in [4.78, 5) is 29.9. The van der Waals surface area contributed by atoms with Crippen LogP contribution in [0.15, 0.2) is 35.0 Å². The molecule has 1 heterocycles. The highest BCUT2D eigenvalue weighted by atomic mass is 16.6. The summed E-state index contributed by atoms with van der Waals surface area (Å²) in [5.41, 5.74) is 1.47. The first kappa shape index (κ1) is 23.1. The fourth-order valence-electron chi connectivity index (χ4n) is 4.78. The van der Waals surface area contributed by atoms with Gasteiger partial charge < -0.3 is 24.2 Å². The summed E-state index contributed by atoms with van der Waals surface area (Å²) < 4.78 is 17.3. The van der Waals surface area contributed by atoms with Crippen LogP contribution in [0.5, 0.6) is 5.75 Å². The van der Waals surface area contributed by atoms with Crippen LogP contribution in [0.25, 0.3) is 5.70 Å². The van der Waals surface area contributed by atoms with E-state index in [9.17, 15) is 14.7 Å². The number of carboxylic acids is 1. The molecular weight excluding hydrogens is 424 g/mol. The van der Waals surface area contributed by atoms with E-state index in [-0.39, 0.29) is 30.8 Å². The van der Waals surface area contributed by atoms with Gasteiger partial charge in [0.25, 0.3) is 0 Å². The average molecular weight is 457 g/mol. The fraction of sp³-hybridized carbons (Fsp3) is 0.560. The highest BCUT2D eigenvalue weighted by Crippen LogP contribution is 2.30. The number of carbonyl (C=O) groups is 2. The Balaban J connectivity index is 1.38. The number of hydrogen-bond acceptors (Lipinski definition) is 6. The maximum Gasteiger partial charge on any atom is 0.410 e. The SMILES string of the molecule is CN(C(=O)OCC1=C(c2ccc(O[C@H]3CCC[C@H](C(=O)O)C3)cc2)N=CCO1)C1CCCC1. The summed E-state index contributed by atoms with van der Waals surface area (Å²) in [5.74, 6) is 0.140.